The van der Waals surface area contributed by atoms with Crippen LogP contribution in [0.5, 0.6) is 0 Å². The Hall–Kier alpha value is -1.23. The molecule has 0 atom stereocenters. The van der Waals surface area contributed by atoms with Gasteiger partial charge in [-0.1, -0.05) is 0 Å². The number of nitrogens with zero attached hydrogens (tertiary/aromatic N) is 1. The van der Waals surface area contributed by atoms with E-state index >= 15 is 0 Å². The molecular formula is C7H7NO3S. The fourth-order valence-electron chi connectivity index (χ4n) is 0.697. The molecule has 0 aliphatic carbocycles. The maximum atomic E-state index is 11.1. The Morgan fingerprint density at radius 3 is 3.00 bits per heavy atom. The highest BCUT2D eigenvalue weighted by atomic mass is 32.2. The van der Waals surface area contributed by atoms with Crippen LogP contribution in [-0.4, -0.2) is 28.4 Å². The molecule has 0 aromatic heterocycles. The first-order chi connectivity index (χ1) is 5.70. The lowest BCUT2D eigenvalue weighted by molar-refractivity contribution is -0.141. The van der Waals surface area contributed by atoms with Crippen molar-refractivity contribution >= 4 is 23.6 Å². The third-order valence-corrected chi connectivity index (χ3v) is 1.77. The zero-order valence-corrected chi connectivity index (χ0v) is 6.95. The lowest BCUT2D eigenvalue weighted by Gasteiger charge is -2.11. The molecule has 1 aliphatic rings. The van der Waals surface area contributed by atoms with E-state index in [1.807, 2.05) is 0 Å². The number of aliphatic carboxylic acids is 1. The predicted molar refractivity (Wildman–Crippen MR) is 45.2 cm³/mol. The number of carboxylic acid groups (broad SMARTS) is 1. The summed E-state index contributed by atoms with van der Waals surface area (Å²) in [6, 6.07) is 0. The Morgan fingerprint density at radius 2 is 2.33 bits per heavy atom. The van der Waals surface area contributed by atoms with Gasteiger partial charge >= 0.3 is 5.97 Å². The van der Waals surface area contributed by atoms with E-state index in [1.165, 1.54) is 24.0 Å². The zero-order valence-electron chi connectivity index (χ0n) is 6.14. The molecule has 5 heteroatoms. The fourth-order valence-corrected chi connectivity index (χ4v) is 1.20. The Morgan fingerprint density at radius 1 is 1.58 bits per heavy atom. The summed E-state index contributed by atoms with van der Waals surface area (Å²) in [4.78, 5) is 22.5. The Labute approximate surface area is 73.5 Å². The number of thioether (sulfide) groups is 1. The summed E-state index contributed by atoms with van der Waals surface area (Å²) in [6.45, 7) is -0.291. The Kier molecular flexibility index (Phi) is 2.93. The average Bonchev–Trinajstić information content (AvgIpc) is 2.16. The van der Waals surface area contributed by atoms with Gasteiger partial charge in [0.15, 0.2) is 0 Å². The van der Waals surface area contributed by atoms with E-state index in [-0.39, 0.29) is 12.5 Å². The molecule has 0 spiro atoms. The van der Waals surface area contributed by atoms with Crippen LogP contribution in [0.1, 0.15) is 0 Å². The maximum absolute atomic E-state index is 11.1. The molecule has 0 radical (unpaired) electrons. The molecule has 0 fully saturated rings. The van der Waals surface area contributed by atoms with Crippen LogP contribution in [0.15, 0.2) is 23.1 Å². The number of carbonyl (C=O) groups excluding carboxylic acids is 1. The highest BCUT2D eigenvalue weighted by Crippen LogP contribution is 2.10. The number of carboxylic acids is 1. The number of carbonyl (C=O) groups is 2. The molecule has 0 unspecified atom stereocenters. The minimum absolute atomic E-state index is 0.291. The van der Waals surface area contributed by atoms with Crippen LogP contribution in [0.25, 0.3) is 0 Å². The van der Waals surface area contributed by atoms with Crippen molar-refractivity contribution in [1.29, 1.82) is 0 Å². The van der Waals surface area contributed by atoms with E-state index in [0.29, 0.717) is 0 Å². The largest absolute Gasteiger partial charge is 0.480 e. The van der Waals surface area contributed by atoms with Gasteiger partial charge in [0.2, 0.25) is 0 Å². The lowest BCUT2D eigenvalue weighted by atomic mass is 10.4. The molecular weight excluding hydrogens is 178 g/mol. The molecule has 1 heterocycles. The highest BCUT2D eigenvalue weighted by Gasteiger charge is 2.12. The summed E-state index contributed by atoms with van der Waals surface area (Å²) in [5.74, 6) is -1.33. The SMILES string of the molecule is O=C(O)CN1C=CSC=CC1=O. The summed E-state index contributed by atoms with van der Waals surface area (Å²) in [5, 5.41) is 11.7. The van der Waals surface area contributed by atoms with Gasteiger partial charge in [-0.05, 0) is 10.8 Å². The number of rotatable bonds is 2. The van der Waals surface area contributed by atoms with E-state index in [2.05, 4.69) is 0 Å². The van der Waals surface area contributed by atoms with Gasteiger partial charge in [-0.25, -0.2) is 0 Å². The van der Waals surface area contributed by atoms with Gasteiger partial charge in [0.05, 0.1) is 0 Å². The van der Waals surface area contributed by atoms with Gasteiger partial charge in [-0.3, -0.25) is 9.59 Å². The van der Waals surface area contributed by atoms with Crippen LogP contribution in [0, 0.1) is 0 Å². The van der Waals surface area contributed by atoms with Gasteiger partial charge in [-0.2, -0.15) is 0 Å². The van der Waals surface area contributed by atoms with Crippen LogP contribution < -0.4 is 0 Å². The summed E-state index contributed by atoms with van der Waals surface area (Å²) in [5.41, 5.74) is 0. The molecule has 0 aromatic carbocycles. The quantitative estimate of drug-likeness (QED) is 0.685. The molecule has 0 bridgehead atoms. The summed E-state index contributed by atoms with van der Waals surface area (Å²) < 4.78 is 0. The van der Waals surface area contributed by atoms with Crippen molar-refractivity contribution in [3.05, 3.63) is 23.1 Å². The first kappa shape index (κ1) is 8.86. The predicted octanol–water partition coefficient (Wildman–Crippen LogP) is 0.631. The Balaban J connectivity index is 2.67. The monoisotopic (exact) mass is 185 g/mol. The molecule has 4 nitrogen and oxygen atoms in total. The van der Waals surface area contributed by atoms with Crippen molar-refractivity contribution in [1.82, 2.24) is 4.90 Å². The average molecular weight is 185 g/mol. The second-order valence-electron chi connectivity index (χ2n) is 2.08. The van der Waals surface area contributed by atoms with Crippen LogP contribution in [-0.2, 0) is 9.59 Å². The normalized spacial score (nSPS) is 16.3. The second-order valence-corrected chi connectivity index (χ2v) is 2.90. The van der Waals surface area contributed by atoms with Crippen molar-refractivity contribution in [3.8, 4) is 0 Å². The lowest BCUT2D eigenvalue weighted by Crippen LogP contribution is -2.29. The van der Waals surface area contributed by atoms with Crippen molar-refractivity contribution in [3.63, 3.8) is 0 Å². The van der Waals surface area contributed by atoms with Crippen LogP contribution >= 0.6 is 11.8 Å². The molecule has 12 heavy (non-hydrogen) atoms. The van der Waals surface area contributed by atoms with E-state index in [0.717, 1.165) is 4.90 Å². The molecule has 0 saturated carbocycles. The number of hydrogen-bond donors (Lipinski definition) is 1. The zero-order chi connectivity index (χ0) is 8.97. The standard InChI is InChI=1S/C7H7NO3S/c9-6-1-3-12-4-2-8(6)5-7(10)11/h1-4H,5H2,(H,10,11). The first-order valence-corrected chi connectivity index (χ1v) is 4.15. The summed E-state index contributed by atoms with van der Waals surface area (Å²) in [6.07, 6.45) is 2.80. The third-order valence-electron chi connectivity index (χ3n) is 1.20. The van der Waals surface area contributed by atoms with E-state index in [1.54, 1.807) is 10.8 Å². The molecule has 1 N–H and O–H groups in total. The smallest absolute Gasteiger partial charge is 0.323 e. The van der Waals surface area contributed by atoms with Gasteiger partial charge < -0.3 is 10.0 Å². The maximum Gasteiger partial charge on any atom is 0.323 e. The molecule has 1 amide bonds. The minimum Gasteiger partial charge on any atom is -0.480 e. The third kappa shape index (κ3) is 2.43. The minimum atomic E-state index is -1.02. The number of hydrogen-bond acceptors (Lipinski definition) is 3. The van der Waals surface area contributed by atoms with Crippen molar-refractivity contribution in [2.45, 2.75) is 0 Å². The van der Waals surface area contributed by atoms with Crippen molar-refractivity contribution in [2.24, 2.45) is 0 Å². The molecule has 1 rings (SSSR count). The van der Waals surface area contributed by atoms with E-state index in [9.17, 15) is 9.59 Å². The van der Waals surface area contributed by atoms with Gasteiger partial charge in [0.25, 0.3) is 5.91 Å². The van der Waals surface area contributed by atoms with Crippen molar-refractivity contribution < 1.29 is 14.7 Å². The van der Waals surface area contributed by atoms with Crippen LogP contribution in [0.2, 0.25) is 0 Å². The summed E-state index contributed by atoms with van der Waals surface area (Å²) in [7, 11) is 0. The van der Waals surface area contributed by atoms with E-state index in [4.69, 9.17) is 5.11 Å². The Bertz CT molecular complexity index is 259. The number of amides is 1. The molecule has 0 aromatic rings. The van der Waals surface area contributed by atoms with E-state index < -0.39 is 5.97 Å². The van der Waals surface area contributed by atoms with Crippen molar-refractivity contribution in [2.75, 3.05) is 6.54 Å². The van der Waals surface area contributed by atoms with Crippen LogP contribution in [0.3, 0.4) is 0 Å². The topological polar surface area (TPSA) is 57.6 Å². The van der Waals surface area contributed by atoms with Gasteiger partial charge in [0.1, 0.15) is 6.54 Å². The van der Waals surface area contributed by atoms with Gasteiger partial charge in [0, 0.05) is 12.3 Å². The summed E-state index contributed by atoms with van der Waals surface area (Å²) >= 11 is 1.33. The molecule has 1 aliphatic heterocycles. The second kappa shape index (κ2) is 3.96. The van der Waals surface area contributed by atoms with Gasteiger partial charge in [-0.15, -0.1) is 11.8 Å². The first-order valence-electron chi connectivity index (χ1n) is 3.21. The fraction of sp³-hybridized carbons (Fsp3) is 0.143. The van der Waals surface area contributed by atoms with Crippen LogP contribution in [0.4, 0.5) is 0 Å². The highest BCUT2D eigenvalue weighted by molar-refractivity contribution is 8.04. The molecule has 64 valence electrons. The molecule has 0 saturated heterocycles.